The van der Waals surface area contributed by atoms with Crippen LogP contribution in [0.15, 0.2) is 27.4 Å². The normalized spacial score (nSPS) is 18.9. The van der Waals surface area contributed by atoms with Gasteiger partial charge < -0.3 is 28.6 Å². The Balaban J connectivity index is 1.86. The molecule has 2 aliphatic rings. The molecule has 9 heteroatoms. The molecule has 9 nitrogen and oxygen atoms in total. The molecule has 1 atom stereocenters. The first-order valence-corrected chi connectivity index (χ1v) is 11.7. The lowest BCUT2D eigenvalue weighted by molar-refractivity contribution is 0.0225. The van der Waals surface area contributed by atoms with Crippen LogP contribution < -0.4 is 10.3 Å². The lowest BCUT2D eigenvalue weighted by Gasteiger charge is -2.30. The zero-order chi connectivity index (χ0) is 24.6. The van der Waals surface area contributed by atoms with Crippen molar-refractivity contribution in [2.24, 2.45) is 0 Å². The second kappa shape index (κ2) is 9.29. The molecule has 0 spiro atoms. The molecule has 0 radical (unpaired) electrons. The summed E-state index contributed by atoms with van der Waals surface area (Å²) < 4.78 is 17.4. The molecular formula is C25H33N3O6. The zero-order valence-electron chi connectivity index (χ0n) is 20.6. The Morgan fingerprint density at radius 1 is 1.09 bits per heavy atom. The van der Waals surface area contributed by atoms with Gasteiger partial charge in [-0.25, -0.2) is 4.79 Å². The second-order valence-corrected chi connectivity index (χ2v) is 10.0. The van der Waals surface area contributed by atoms with E-state index < -0.39 is 11.7 Å². The van der Waals surface area contributed by atoms with Crippen LogP contribution >= 0.6 is 0 Å². The number of hydrogen-bond donors (Lipinski definition) is 0. The molecule has 2 aromatic rings. The third kappa shape index (κ3) is 4.89. The van der Waals surface area contributed by atoms with E-state index >= 15 is 0 Å². The molecule has 0 bridgehead atoms. The monoisotopic (exact) mass is 471 g/mol. The van der Waals surface area contributed by atoms with Crippen LogP contribution in [0.1, 0.15) is 55.6 Å². The van der Waals surface area contributed by atoms with Crippen molar-refractivity contribution in [3.63, 3.8) is 0 Å². The van der Waals surface area contributed by atoms with E-state index in [0.29, 0.717) is 67.2 Å². The number of benzene rings is 1. The highest BCUT2D eigenvalue weighted by Gasteiger charge is 2.35. The fourth-order valence-electron chi connectivity index (χ4n) is 4.47. The molecular weight excluding hydrogens is 438 g/mol. The second-order valence-electron chi connectivity index (χ2n) is 10.0. The van der Waals surface area contributed by atoms with Crippen molar-refractivity contribution in [1.29, 1.82) is 0 Å². The number of morpholine rings is 1. The first-order chi connectivity index (χ1) is 16.0. The maximum atomic E-state index is 13.2. The summed E-state index contributed by atoms with van der Waals surface area (Å²) in [7, 11) is 3.33. The van der Waals surface area contributed by atoms with Crippen molar-refractivity contribution >= 4 is 28.9 Å². The Morgan fingerprint density at radius 2 is 1.79 bits per heavy atom. The van der Waals surface area contributed by atoms with Crippen LogP contribution in [0.25, 0.3) is 11.0 Å². The maximum Gasteiger partial charge on any atom is 0.410 e. The van der Waals surface area contributed by atoms with Crippen LogP contribution in [0.4, 0.5) is 10.7 Å². The minimum Gasteiger partial charge on any atom is -0.444 e. The summed E-state index contributed by atoms with van der Waals surface area (Å²) in [5.74, 6) is 0.247. The van der Waals surface area contributed by atoms with Crippen molar-refractivity contribution in [3.8, 4) is 0 Å². The van der Waals surface area contributed by atoms with Gasteiger partial charge in [0.1, 0.15) is 11.2 Å². The first-order valence-electron chi connectivity index (χ1n) is 11.7. The number of rotatable bonds is 3. The molecule has 3 heterocycles. The van der Waals surface area contributed by atoms with Gasteiger partial charge in [-0.2, -0.15) is 0 Å². The van der Waals surface area contributed by atoms with Crippen molar-refractivity contribution < 1.29 is 23.5 Å². The van der Waals surface area contributed by atoms with Crippen LogP contribution in [-0.2, 0) is 9.47 Å². The molecule has 2 saturated heterocycles. The van der Waals surface area contributed by atoms with E-state index in [1.807, 2.05) is 25.7 Å². The molecule has 0 aliphatic carbocycles. The number of ether oxygens (including phenoxy) is 2. The number of anilines is 1. The molecule has 0 saturated carbocycles. The molecule has 2 amide bonds. The molecule has 1 unspecified atom stereocenters. The predicted molar refractivity (Wildman–Crippen MR) is 128 cm³/mol. The molecule has 1 aromatic carbocycles. The van der Waals surface area contributed by atoms with Crippen molar-refractivity contribution in [2.75, 3.05) is 51.8 Å². The molecule has 34 heavy (non-hydrogen) atoms. The molecule has 1 aromatic heterocycles. The van der Waals surface area contributed by atoms with Crippen molar-refractivity contribution in [1.82, 2.24) is 9.80 Å². The fraction of sp³-hybridized carbons (Fsp3) is 0.560. The molecule has 2 aliphatic heterocycles. The van der Waals surface area contributed by atoms with E-state index in [9.17, 15) is 14.4 Å². The van der Waals surface area contributed by atoms with Gasteiger partial charge in [-0.05, 0) is 45.7 Å². The molecule has 2 fully saturated rings. The van der Waals surface area contributed by atoms with Crippen LogP contribution in [0, 0.1) is 0 Å². The minimum atomic E-state index is -0.634. The number of carbonyl (C=O) groups excluding carboxylic acids is 2. The topological polar surface area (TPSA) is 92.5 Å². The number of likely N-dealkylation sites (tertiary alicyclic amines) is 1. The molecule has 4 rings (SSSR count). The van der Waals surface area contributed by atoms with Gasteiger partial charge in [0.15, 0.2) is 11.3 Å². The third-order valence-corrected chi connectivity index (χ3v) is 6.06. The van der Waals surface area contributed by atoms with Crippen LogP contribution in [-0.4, -0.2) is 74.3 Å². The number of amides is 2. The summed E-state index contributed by atoms with van der Waals surface area (Å²) in [5.41, 5.74) is 0.586. The van der Waals surface area contributed by atoms with Crippen molar-refractivity contribution in [2.45, 2.75) is 45.3 Å². The average Bonchev–Trinajstić information content (AvgIpc) is 3.27. The molecule has 0 N–H and O–H groups in total. The Morgan fingerprint density at radius 3 is 2.44 bits per heavy atom. The highest BCUT2D eigenvalue weighted by Crippen LogP contribution is 2.38. The minimum absolute atomic E-state index is 0.221. The summed E-state index contributed by atoms with van der Waals surface area (Å²) >= 11 is 0. The van der Waals surface area contributed by atoms with E-state index in [1.165, 1.54) is 11.0 Å². The van der Waals surface area contributed by atoms with Crippen LogP contribution in [0.5, 0.6) is 0 Å². The Kier molecular flexibility index (Phi) is 6.58. The SMILES string of the molecule is CN(C)C(=O)c1cc(C2CCCN2C(=O)OC(C)(C)C)c2oc(N3CCOCC3)cc(=O)c2c1. The largest absolute Gasteiger partial charge is 0.444 e. The number of nitrogens with zero attached hydrogens (tertiary/aromatic N) is 3. The van der Waals surface area contributed by atoms with Gasteiger partial charge in [0.25, 0.3) is 5.91 Å². The summed E-state index contributed by atoms with van der Waals surface area (Å²) in [5, 5.41) is 0.329. The van der Waals surface area contributed by atoms with Gasteiger partial charge >= 0.3 is 6.09 Å². The Labute approximate surface area is 199 Å². The van der Waals surface area contributed by atoms with Gasteiger partial charge in [0.2, 0.25) is 0 Å². The smallest absolute Gasteiger partial charge is 0.410 e. The lowest BCUT2D eigenvalue weighted by Crippen LogP contribution is -2.37. The first kappa shape index (κ1) is 24.1. The van der Waals surface area contributed by atoms with Gasteiger partial charge in [-0.15, -0.1) is 0 Å². The number of hydrogen-bond acceptors (Lipinski definition) is 7. The van der Waals surface area contributed by atoms with E-state index in [2.05, 4.69) is 0 Å². The van der Waals surface area contributed by atoms with E-state index in [1.54, 1.807) is 31.1 Å². The highest BCUT2D eigenvalue weighted by atomic mass is 16.6. The van der Waals surface area contributed by atoms with Crippen molar-refractivity contribution in [3.05, 3.63) is 39.5 Å². The van der Waals surface area contributed by atoms with Gasteiger partial charge in [-0.1, -0.05) is 0 Å². The lowest BCUT2D eigenvalue weighted by atomic mass is 9.97. The Bertz CT molecular complexity index is 1140. The molecule has 184 valence electrons. The average molecular weight is 472 g/mol. The van der Waals surface area contributed by atoms with Gasteiger partial charge in [-0.3, -0.25) is 9.59 Å². The third-order valence-electron chi connectivity index (χ3n) is 6.06. The fourth-order valence-corrected chi connectivity index (χ4v) is 4.47. The Hall–Kier alpha value is -3.07. The summed E-state index contributed by atoms with van der Waals surface area (Å²) in [4.78, 5) is 44.2. The summed E-state index contributed by atoms with van der Waals surface area (Å²) in [6.45, 7) is 8.36. The quantitative estimate of drug-likeness (QED) is 0.677. The maximum absolute atomic E-state index is 13.2. The summed E-state index contributed by atoms with van der Waals surface area (Å²) in [6.07, 6.45) is 1.04. The van der Waals surface area contributed by atoms with E-state index in [0.717, 1.165) is 6.42 Å². The standard InChI is InChI=1S/C25H33N3O6/c1-25(2,3)34-24(31)28-8-6-7-19(28)17-13-16(23(30)26(4)5)14-18-20(29)15-21(33-22(17)18)27-9-11-32-12-10-27/h13-15,19H,6-12H2,1-5H3. The summed E-state index contributed by atoms with van der Waals surface area (Å²) in [6, 6.07) is 4.45. The predicted octanol–water partition coefficient (Wildman–Crippen LogP) is 3.40. The zero-order valence-corrected chi connectivity index (χ0v) is 20.6. The van der Waals surface area contributed by atoms with Gasteiger partial charge in [0.05, 0.1) is 24.6 Å². The van der Waals surface area contributed by atoms with Crippen LogP contribution in [0.2, 0.25) is 0 Å². The number of fused-ring (bicyclic) bond motifs is 1. The van der Waals surface area contributed by atoms with E-state index in [4.69, 9.17) is 13.9 Å². The van der Waals surface area contributed by atoms with Gasteiger partial charge in [0, 0.05) is 50.9 Å². The number of carbonyl (C=O) groups is 2. The van der Waals surface area contributed by atoms with Crippen LogP contribution in [0.3, 0.4) is 0 Å². The highest BCUT2D eigenvalue weighted by molar-refractivity contribution is 5.98. The van der Waals surface area contributed by atoms with E-state index in [-0.39, 0.29) is 17.4 Å².